The molecule has 0 aliphatic rings. The number of ether oxygens (including phenoxy) is 2. The third kappa shape index (κ3) is 2.99. The molecule has 21 heavy (non-hydrogen) atoms. The van der Waals surface area contributed by atoms with Crippen molar-refractivity contribution in [2.24, 2.45) is 0 Å². The number of hydrogen-bond acceptors (Lipinski definition) is 3. The number of aromatic carboxylic acids is 1. The molecule has 0 aliphatic heterocycles. The van der Waals surface area contributed by atoms with E-state index >= 15 is 0 Å². The van der Waals surface area contributed by atoms with Crippen molar-refractivity contribution in [2.45, 2.75) is 0 Å². The van der Waals surface area contributed by atoms with Crippen LogP contribution in [0.2, 0.25) is 5.02 Å². The highest BCUT2D eigenvalue weighted by Gasteiger charge is 2.17. The minimum absolute atomic E-state index is 0.168. The second-order valence-corrected chi connectivity index (χ2v) is 5.39. The van der Waals surface area contributed by atoms with Crippen molar-refractivity contribution in [3.8, 4) is 22.6 Å². The molecule has 110 valence electrons. The molecule has 0 saturated carbocycles. The number of carboxylic acid groups (broad SMARTS) is 1. The van der Waals surface area contributed by atoms with Gasteiger partial charge in [0.05, 0.1) is 19.8 Å². The summed E-state index contributed by atoms with van der Waals surface area (Å²) in [5.41, 5.74) is 1.55. The van der Waals surface area contributed by atoms with Crippen LogP contribution in [0.25, 0.3) is 11.1 Å². The molecule has 1 N–H and O–H groups in total. The number of rotatable bonds is 4. The molecular weight excluding hydrogens is 360 g/mol. The van der Waals surface area contributed by atoms with Crippen LogP contribution in [0.4, 0.5) is 0 Å². The molecule has 0 atom stereocenters. The zero-order valence-electron chi connectivity index (χ0n) is 11.3. The Labute approximate surface area is 135 Å². The van der Waals surface area contributed by atoms with E-state index < -0.39 is 5.97 Å². The SMILES string of the molecule is COc1ccc(-c2ccc(Br)c(C(=O)O)c2)c(OC)c1Cl. The van der Waals surface area contributed by atoms with Gasteiger partial charge in [-0.1, -0.05) is 17.7 Å². The van der Waals surface area contributed by atoms with Crippen LogP contribution in [0.1, 0.15) is 10.4 Å². The third-order valence-electron chi connectivity index (χ3n) is 2.99. The second kappa shape index (κ2) is 6.37. The van der Waals surface area contributed by atoms with Crippen LogP contribution in [-0.4, -0.2) is 25.3 Å². The summed E-state index contributed by atoms with van der Waals surface area (Å²) in [4.78, 5) is 11.2. The highest BCUT2D eigenvalue weighted by molar-refractivity contribution is 9.10. The molecule has 2 aromatic rings. The molecule has 0 unspecified atom stereocenters. The van der Waals surface area contributed by atoms with Crippen molar-refractivity contribution in [3.63, 3.8) is 0 Å². The first-order valence-electron chi connectivity index (χ1n) is 5.93. The van der Waals surface area contributed by atoms with E-state index in [1.165, 1.54) is 14.2 Å². The van der Waals surface area contributed by atoms with E-state index in [2.05, 4.69) is 15.9 Å². The van der Waals surface area contributed by atoms with Crippen LogP contribution >= 0.6 is 27.5 Å². The largest absolute Gasteiger partial charge is 0.495 e. The van der Waals surface area contributed by atoms with Crippen LogP contribution in [0, 0.1) is 0 Å². The van der Waals surface area contributed by atoms with Gasteiger partial charge in [-0.05, 0) is 45.8 Å². The Balaban J connectivity index is 2.64. The molecular formula is C15H12BrClO4. The number of benzene rings is 2. The summed E-state index contributed by atoms with van der Waals surface area (Å²) in [6, 6.07) is 8.52. The van der Waals surface area contributed by atoms with Crippen molar-refractivity contribution in [3.05, 3.63) is 45.4 Å². The first-order valence-corrected chi connectivity index (χ1v) is 7.10. The zero-order chi connectivity index (χ0) is 15.6. The topological polar surface area (TPSA) is 55.8 Å². The molecule has 0 fully saturated rings. The zero-order valence-corrected chi connectivity index (χ0v) is 13.7. The minimum Gasteiger partial charge on any atom is -0.495 e. The van der Waals surface area contributed by atoms with Gasteiger partial charge in [-0.2, -0.15) is 0 Å². The van der Waals surface area contributed by atoms with Gasteiger partial charge < -0.3 is 14.6 Å². The molecule has 4 nitrogen and oxygen atoms in total. The number of halogens is 2. The maximum Gasteiger partial charge on any atom is 0.336 e. The van der Waals surface area contributed by atoms with Gasteiger partial charge in [-0.25, -0.2) is 4.79 Å². The van der Waals surface area contributed by atoms with Crippen LogP contribution in [-0.2, 0) is 0 Å². The Morgan fingerprint density at radius 2 is 1.90 bits per heavy atom. The van der Waals surface area contributed by atoms with E-state index in [1.54, 1.807) is 30.3 Å². The summed E-state index contributed by atoms with van der Waals surface area (Å²) < 4.78 is 11.0. The predicted molar refractivity (Wildman–Crippen MR) is 84.7 cm³/mol. The molecule has 0 saturated heterocycles. The summed E-state index contributed by atoms with van der Waals surface area (Å²) in [5.74, 6) is -0.0789. The van der Waals surface area contributed by atoms with Gasteiger partial charge in [0.15, 0.2) is 0 Å². The van der Waals surface area contributed by atoms with Crippen LogP contribution < -0.4 is 9.47 Å². The molecule has 0 amide bonds. The average Bonchev–Trinajstić information content (AvgIpc) is 2.47. The van der Waals surface area contributed by atoms with Gasteiger partial charge in [0.25, 0.3) is 0 Å². The highest BCUT2D eigenvalue weighted by atomic mass is 79.9. The van der Waals surface area contributed by atoms with Gasteiger partial charge in [0.1, 0.15) is 16.5 Å². The molecule has 0 aliphatic carbocycles. The lowest BCUT2D eigenvalue weighted by molar-refractivity contribution is 0.0696. The first kappa shape index (κ1) is 15.7. The molecule has 2 rings (SSSR count). The van der Waals surface area contributed by atoms with Crippen molar-refractivity contribution < 1.29 is 19.4 Å². The molecule has 0 radical (unpaired) electrons. The Bertz CT molecular complexity index is 700. The van der Waals surface area contributed by atoms with Crippen LogP contribution in [0.3, 0.4) is 0 Å². The first-order chi connectivity index (χ1) is 9.99. The van der Waals surface area contributed by atoms with E-state index in [9.17, 15) is 9.90 Å². The predicted octanol–water partition coefficient (Wildman–Crippen LogP) is 4.48. The van der Waals surface area contributed by atoms with Crippen molar-refractivity contribution in [2.75, 3.05) is 14.2 Å². The highest BCUT2D eigenvalue weighted by Crippen LogP contribution is 2.42. The quantitative estimate of drug-likeness (QED) is 0.860. The number of carboxylic acids is 1. The average molecular weight is 372 g/mol. The fourth-order valence-corrected chi connectivity index (χ4v) is 2.71. The molecule has 0 heterocycles. The number of carbonyl (C=O) groups is 1. The summed E-state index contributed by atoms with van der Waals surface area (Å²) >= 11 is 9.44. The van der Waals surface area contributed by atoms with Crippen molar-refractivity contribution in [1.29, 1.82) is 0 Å². The summed E-state index contributed by atoms with van der Waals surface area (Å²) in [7, 11) is 3.02. The standard InChI is InChI=1S/C15H12BrClO4/c1-20-12-6-4-9(14(21-2)13(12)17)8-3-5-11(16)10(7-8)15(18)19/h3-7H,1-2H3,(H,18,19). The van der Waals surface area contributed by atoms with E-state index in [4.69, 9.17) is 21.1 Å². The number of methoxy groups -OCH3 is 2. The van der Waals surface area contributed by atoms with E-state index in [-0.39, 0.29) is 5.56 Å². The molecule has 0 spiro atoms. The summed E-state index contributed by atoms with van der Waals surface area (Å²) in [6.07, 6.45) is 0. The van der Waals surface area contributed by atoms with E-state index in [0.29, 0.717) is 32.1 Å². The smallest absolute Gasteiger partial charge is 0.336 e. The fraction of sp³-hybridized carbons (Fsp3) is 0.133. The maximum absolute atomic E-state index is 11.2. The lowest BCUT2D eigenvalue weighted by Crippen LogP contribution is -1.99. The lowest BCUT2D eigenvalue weighted by atomic mass is 10.0. The molecule has 6 heteroatoms. The van der Waals surface area contributed by atoms with Crippen molar-refractivity contribution in [1.82, 2.24) is 0 Å². The minimum atomic E-state index is -1.01. The van der Waals surface area contributed by atoms with Gasteiger partial charge in [-0.3, -0.25) is 0 Å². The van der Waals surface area contributed by atoms with Crippen LogP contribution in [0.5, 0.6) is 11.5 Å². The van der Waals surface area contributed by atoms with Gasteiger partial charge in [0, 0.05) is 10.0 Å². The third-order valence-corrected chi connectivity index (χ3v) is 4.04. The Kier molecular flexibility index (Phi) is 4.75. The van der Waals surface area contributed by atoms with Gasteiger partial charge >= 0.3 is 5.97 Å². The summed E-state index contributed by atoms with van der Waals surface area (Å²) in [6.45, 7) is 0. The number of hydrogen-bond donors (Lipinski definition) is 1. The van der Waals surface area contributed by atoms with E-state index in [1.807, 2.05) is 0 Å². The monoisotopic (exact) mass is 370 g/mol. The normalized spacial score (nSPS) is 10.3. The van der Waals surface area contributed by atoms with Gasteiger partial charge in [0.2, 0.25) is 0 Å². The molecule has 0 aromatic heterocycles. The Morgan fingerprint density at radius 1 is 1.19 bits per heavy atom. The van der Waals surface area contributed by atoms with E-state index in [0.717, 1.165) is 0 Å². The lowest BCUT2D eigenvalue weighted by Gasteiger charge is -2.14. The maximum atomic E-state index is 11.2. The molecule has 2 aromatic carbocycles. The summed E-state index contributed by atoms with van der Waals surface area (Å²) in [5, 5.41) is 9.54. The fourth-order valence-electron chi connectivity index (χ4n) is 1.98. The second-order valence-electron chi connectivity index (χ2n) is 4.16. The Hall–Kier alpha value is -1.72. The Morgan fingerprint density at radius 3 is 2.48 bits per heavy atom. The van der Waals surface area contributed by atoms with Crippen molar-refractivity contribution >= 4 is 33.5 Å². The molecule has 0 bridgehead atoms. The van der Waals surface area contributed by atoms with Crippen LogP contribution in [0.15, 0.2) is 34.8 Å². The van der Waals surface area contributed by atoms with Gasteiger partial charge in [-0.15, -0.1) is 0 Å².